The fraction of sp³-hybridized carbons (Fsp3) is 0.467. The second kappa shape index (κ2) is 6.36. The van der Waals surface area contributed by atoms with E-state index < -0.39 is 11.9 Å². The lowest BCUT2D eigenvalue weighted by atomic mass is 10.0. The normalized spacial score (nSPS) is 11.8. The molecule has 1 atom stereocenters. The van der Waals surface area contributed by atoms with Crippen molar-refractivity contribution in [1.82, 2.24) is 0 Å². The molecule has 4 nitrogen and oxygen atoms in total. The van der Waals surface area contributed by atoms with Gasteiger partial charge in [0.15, 0.2) is 0 Å². The zero-order chi connectivity index (χ0) is 14.6. The second-order valence-corrected chi connectivity index (χ2v) is 4.65. The molecule has 1 unspecified atom stereocenters. The first-order valence-electron chi connectivity index (χ1n) is 6.35. The summed E-state index contributed by atoms with van der Waals surface area (Å²) >= 11 is 0. The highest BCUT2D eigenvalue weighted by Crippen LogP contribution is 2.20. The van der Waals surface area contributed by atoms with Gasteiger partial charge in [0, 0.05) is 12.7 Å². The van der Waals surface area contributed by atoms with Crippen molar-refractivity contribution in [3.05, 3.63) is 29.3 Å². The summed E-state index contributed by atoms with van der Waals surface area (Å²) in [6, 6.07) is 5.79. The molecule has 104 valence electrons. The molecule has 0 aromatic heterocycles. The predicted molar refractivity (Wildman–Crippen MR) is 75.1 cm³/mol. The number of hydrogen-bond donors (Lipinski definition) is 0. The highest BCUT2D eigenvalue weighted by atomic mass is 16.5. The molecule has 0 heterocycles. The second-order valence-electron chi connectivity index (χ2n) is 4.65. The van der Waals surface area contributed by atoms with E-state index in [-0.39, 0.29) is 5.91 Å². The van der Waals surface area contributed by atoms with Gasteiger partial charge < -0.3 is 9.64 Å². The highest BCUT2D eigenvalue weighted by Gasteiger charge is 2.29. The van der Waals surface area contributed by atoms with Crippen molar-refractivity contribution in [3.63, 3.8) is 0 Å². The minimum Gasteiger partial charge on any atom is -0.468 e. The zero-order valence-corrected chi connectivity index (χ0v) is 12.2. The molecule has 0 aliphatic heterocycles. The molecular weight excluding hydrogens is 242 g/mol. The molecule has 0 bridgehead atoms. The molecule has 0 spiro atoms. The average Bonchev–Trinajstić information content (AvgIpc) is 2.41. The fourth-order valence-corrected chi connectivity index (χ4v) is 1.88. The van der Waals surface area contributed by atoms with E-state index in [0.29, 0.717) is 6.42 Å². The maximum Gasteiger partial charge on any atom is 0.318 e. The summed E-state index contributed by atoms with van der Waals surface area (Å²) in [5, 5.41) is 0. The Morgan fingerprint density at radius 1 is 1.26 bits per heavy atom. The van der Waals surface area contributed by atoms with Crippen LogP contribution in [0.3, 0.4) is 0 Å². The Morgan fingerprint density at radius 2 is 1.89 bits per heavy atom. The van der Waals surface area contributed by atoms with E-state index in [1.54, 1.807) is 14.0 Å². The van der Waals surface area contributed by atoms with Crippen LogP contribution in [0.4, 0.5) is 5.69 Å². The third-order valence-corrected chi connectivity index (χ3v) is 3.40. The van der Waals surface area contributed by atoms with Crippen molar-refractivity contribution < 1.29 is 14.3 Å². The number of amides is 1. The van der Waals surface area contributed by atoms with Crippen LogP contribution < -0.4 is 4.90 Å². The first-order valence-corrected chi connectivity index (χ1v) is 6.35. The minimum atomic E-state index is -0.739. The van der Waals surface area contributed by atoms with Crippen LogP contribution in [-0.2, 0) is 14.3 Å². The quantitative estimate of drug-likeness (QED) is 0.619. The third kappa shape index (κ3) is 3.34. The molecule has 0 N–H and O–H groups in total. The van der Waals surface area contributed by atoms with Gasteiger partial charge >= 0.3 is 5.97 Å². The Bertz CT molecular complexity index is 482. The van der Waals surface area contributed by atoms with E-state index in [0.717, 1.165) is 11.3 Å². The Kier molecular flexibility index (Phi) is 5.10. The number of anilines is 1. The number of rotatable bonds is 4. The molecule has 4 heteroatoms. The van der Waals surface area contributed by atoms with E-state index in [4.69, 9.17) is 0 Å². The maximum absolute atomic E-state index is 12.3. The molecule has 0 saturated heterocycles. The number of hydrogen-bond acceptors (Lipinski definition) is 3. The van der Waals surface area contributed by atoms with Gasteiger partial charge in [-0.3, -0.25) is 9.59 Å². The van der Waals surface area contributed by atoms with Crippen LogP contribution in [0.2, 0.25) is 0 Å². The first-order chi connectivity index (χ1) is 8.92. The van der Waals surface area contributed by atoms with Crippen molar-refractivity contribution in [2.45, 2.75) is 27.2 Å². The van der Waals surface area contributed by atoms with Gasteiger partial charge in [0.25, 0.3) is 0 Å². The van der Waals surface area contributed by atoms with Gasteiger partial charge in [0.2, 0.25) is 5.91 Å². The molecule has 1 aromatic rings. The van der Waals surface area contributed by atoms with Gasteiger partial charge in [-0.25, -0.2) is 0 Å². The molecule has 0 radical (unpaired) electrons. The van der Waals surface area contributed by atoms with Crippen LogP contribution in [0, 0.1) is 19.8 Å². The van der Waals surface area contributed by atoms with Gasteiger partial charge in [-0.15, -0.1) is 0 Å². The number of benzene rings is 1. The lowest BCUT2D eigenvalue weighted by molar-refractivity contribution is -0.149. The highest BCUT2D eigenvalue weighted by molar-refractivity contribution is 6.05. The SMILES string of the molecule is CCC(C(=O)OC)C(=O)N(C)c1ccc(C)c(C)c1. The summed E-state index contributed by atoms with van der Waals surface area (Å²) in [4.78, 5) is 25.4. The van der Waals surface area contributed by atoms with E-state index in [2.05, 4.69) is 4.74 Å². The van der Waals surface area contributed by atoms with E-state index in [9.17, 15) is 9.59 Å². The number of nitrogens with zero attached hydrogens (tertiary/aromatic N) is 1. The van der Waals surface area contributed by atoms with Crippen LogP contribution in [0.1, 0.15) is 24.5 Å². The fourth-order valence-electron chi connectivity index (χ4n) is 1.88. The van der Waals surface area contributed by atoms with E-state index in [1.807, 2.05) is 32.0 Å². The van der Waals surface area contributed by atoms with Gasteiger partial charge in [-0.1, -0.05) is 13.0 Å². The summed E-state index contributed by atoms with van der Waals surface area (Å²) in [6.45, 7) is 5.81. The standard InChI is InChI=1S/C15H21NO3/c1-6-13(15(18)19-5)14(17)16(4)12-8-7-10(2)11(3)9-12/h7-9,13H,6H2,1-5H3. The number of methoxy groups -OCH3 is 1. The summed E-state index contributed by atoms with van der Waals surface area (Å²) in [5.74, 6) is -1.46. The van der Waals surface area contributed by atoms with Gasteiger partial charge in [-0.05, 0) is 43.5 Å². The molecule has 1 aromatic carbocycles. The number of carbonyl (C=O) groups excluding carboxylic acids is 2. The summed E-state index contributed by atoms with van der Waals surface area (Å²) in [7, 11) is 2.98. The van der Waals surface area contributed by atoms with Crippen molar-refractivity contribution in [2.75, 3.05) is 19.1 Å². The van der Waals surface area contributed by atoms with Crippen LogP contribution >= 0.6 is 0 Å². The molecule has 0 aliphatic carbocycles. The molecule has 1 rings (SSSR count). The Morgan fingerprint density at radius 3 is 2.37 bits per heavy atom. The lowest BCUT2D eigenvalue weighted by Gasteiger charge is -2.22. The van der Waals surface area contributed by atoms with Crippen LogP contribution in [0.15, 0.2) is 18.2 Å². The Hall–Kier alpha value is -1.84. The summed E-state index contributed by atoms with van der Waals surface area (Å²) < 4.78 is 4.67. The summed E-state index contributed by atoms with van der Waals surface area (Å²) in [6.07, 6.45) is 0.431. The van der Waals surface area contributed by atoms with Gasteiger partial charge in [0.1, 0.15) is 5.92 Å². The molecule has 0 fully saturated rings. The largest absolute Gasteiger partial charge is 0.468 e. The smallest absolute Gasteiger partial charge is 0.318 e. The number of aryl methyl sites for hydroxylation is 2. The molecule has 1 amide bonds. The monoisotopic (exact) mass is 263 g/mol. The zero-order valence-electron chi connectivity index (χ0n) is 12.2. The number of esters is 1. The van der Waals surface area contributed by atoms with E-state index in [1.165, 1.54) is 17.6 Å². The van der Waals surface area contributed by atoms with Crippen molar-refractivity contribution in [3.8, 4) is 0 Å². The lowest BCUT2D eigenvalue weighted by Crippen LogP contribution is -2.37. The Labute approximate surface area is 114 Å². The van der Waals surface area contributed by atoms with Crippen LogP contribution in [0.25, 0.3) is 0 Å². The van der Waals surface area contributed by atoms with Crippen LogP contribution in [0.5, 0.6) is 0 Å². The van der Waals surface area contributed by atoms with Gasteiger partial charge in [-0.2, -0.15) is 0 Å². The average molecular weight is 263 g/mol. The molecule has 0 saturated carbocycles. The first kappa shape index (κ1) is 15.2. The topological polar surface area (TPSA) is 46.6 Å². The van der Waals surface area contributed by atoms with E-state index >= 15 is 0 Å². The number of ether oxygens (including phenoxy) is 1. The maximum atomic E-state index is 12.3. The molecule has 0 aliphatic rings. The van der Waals surface area contributed by atoms with Crippen LogP contribution in [-0.4, -0.2) is 26.0 Å². The van der Waals surface area contributed by atoms with Crippen molar-refractivity contribution in [1.29, 1.82) is 0 Å². The predicted octanol–water partition coefficient (Wildman–Crippen LogP) is 2.47. The van der Waals surface area contributed by atoms with Crippen molar-refractivity contribution in [2.24, 2.45) is 5.92 Å². The van der Waals surface area contributed by atoms with Gasteiger partial charge in [0.05, 0.1) is 7.11 Å². The minimum absolute atomic E-state index is 0.238. The molecular formula is C15H21NO3. The summed E-state index contributed by atoms with van der Waals surface area (Å²) in [5.41, 5.74) is 3.07. The molecule has 19 heavy (non-hydrogen) atoms. The number of carbonyl (C=O) groups is 2. The van der Waals surface area contributed by atoms with Crippen molar-refractivity contribution >= 4 is 17.6 Å². The Balaban J connectivity index is 2.97. The third-order valence-electron chi connectivity index (χ3n) is 3.40.